The number of carbonyl (C=O) groups is 2. The van der Waals surface area contributed by atoms with Crippen molar-refractivity contribution in [2.24, 2.45) is 0 Å². The number of carbonyl (C=O) groups excluding carboxylic acids is 2. The summed E-state index contributed by atoms with van der Waals surface area (Å²) in [6, 6.07) is 13.4. The SMILES string of the molecule is CC(=O)/C(C)=C(\C)c1ccc(C(=O)c2ccc(O)cc2)cc1. The van der Waals surface area contributed by atoms with Gasteiger partial charge in [-0.3, -0.25) is 9.59 Å². The smallest absolute Gasteiger partial charge is 0.193 e. The summed E-state index contributed by atoms with van der Waals surface area (Å²) in [5.41, 5.74) is 3.66. The predicted molar refractivity (Wildman–Crippen MR) is 86.9 cm³/mol. The molecule has 0 atom stereocenters. The highest BCUT2D eigenvalue weighted by atomic mass is 16.3. The quantitative estimate of drug-likeness (QED) is 0.685. The molecular formula is C19H18O3. The largest absolute Gasteiger partial charge is 0.508 e. The summed E-state index contributed by atoms with van der Waals surface area (Å²) in [5, 5.41) is 9.26. The minimum Gasteiger partial charge on any atom is -0.508 e. The van der Waals surface area contributed by atoms with Crippen LogP contribution in [-0.2, 0) is 4.79 Å². The lowest BCUT2D eigenvalue weighted by Gasteiger charge is -2.07. The van der Waals surface area contributed by atoms with Gasteiger partial charge in [0.05, 0.1) is 0 Å². The van der Waals surface area contributed by atoms with Crippen molar-refractivity contribution >= 4 is 17.1 Å². The summed E-state index contributed by atoms with van der Waals surface area (Å²) in [6.45, 7) is 5.24. The van der Waals surface area contributed by atoms with Crippen LogP contribution in [0, 0.1) is 0 Å². The summed E-state index contributed by atoms with van der Waals surface area (Å²) in [7, 11) is 0. The molecule has 2 aromatic carbocycles. The number of phenols is 1. The molecule has 2 aromatic rings. The Bertz CT molecular complexity index is 735. The molecule has 3 nitrogen and oxygen atoms in total. The third-order valence-corrected chi connectivity index (χ3v) is 3.80. The zero-order valence-corrected chi connectivity index (χ0v) is 12.9. The van der Waals surface area contributed by atoms with Crippen LogP contribution in [0.25, 0.3) is 5.57 Å². The van der Waals surface area contributed by atoms with Gasteiger partial charge in [0, 0.05) is 11.1 Å². The molecule has 3 heteroatoms. The van der Waals surface area contributed by atoms with Gasteiger partial charge >= 0.3 is 0 Å². The molecule has 112 valence electrons. The van der Waals surface area contributed by atoms with E-state index in [4.69, 9.17) is 0 Å². The highest BCUT2D eigenvalue weighted by Crippen LogP contribution is 2.21. The number of aromatic hydroxyl groups is 1. The maximum atomic E-state index is 12.3. The molecule has 1 N–H and O–H groups in total. The van der Waals surface area contributed by atoms with Crippen molar-refractivity contribution in [3.8, 4) is 5.75 Å². The van der Waals surface area contributed by atoms with Gasteiger partial charge in [-0.1, -0.05) is 24.3 Å². The number of phenolic OH excluding ortho intramolecular Hbond substituents is 1. The van der Waals surface area contributed by atoms with E-state index in [-0.39, 0.29) is 17.3 Å². The lowest BCUT2D eigenvalue weighted by atomic mass is 9.97. The van der Waals surface area contributed by atoms with E-state index in [1.807, 2.05) is 19.1 Å². The Labute approximate surface area is 129 Å². The lowest BCUT2D eigenvalue weighted by Crippen LogP contribution is -2.01. The summed E-state index contributed by atoms with van der Waals surface area (Å²) in [6.07, 6.45) is 0. The maximum Gasteiger partial charge on any atom is 0.193 e. The zero-order valence-electron chi connectivity index (χ0n) is 12.9. The number of rotatable bonds is 4. The number of benzene rings is 2. The number of hydrogen-bond donors (Lipinski definition) is 1. The van der Waals surface area contributed by atoms with E-state index in [1.165, 1.54) is 12.1 Å². The van der Waals surface area contributed by atoms with Crippen LogP contribution in [0.2, 0.25) is 0 Å². The summed E-state index contributed by atoms with van der Waals surface area (Å²) >= 11 is 0. The first-order chi connectivity index (χ1) is 10.4. The molecule has 0 aromatic heterocycles. The minimum atomic E-state index is -0.100. The van der Waals surface area contributed by atoms with Crippen LogP contribution < -0.4 is 0 Å². The monoisotopic (exact) mass is 294 g/mol. The number of Topliss-reactive ketones (excluding diaryl/α,β-unsaturated/α-hetero) is 1. The fraction of sp³-hybridized carbons (Fsp3) is 0.158. The molecule has 0 aliphatic carbocycles. The average Bonchev–Trinajstić information content (AvgIpc) is 2.53. The topological polar surface area (TPSA) is 54.4 Å². The van der Waals surface area contributed by atoms with Crippen molar-refractivity contribution in [3.63, 3.8) is 0 Å². The van der Waals surface area contributed by atoms with Gasteiger partial charge in [0.1, 0.15) is 5.75 Å². The first-order valence-corrected chi connectivity index (χ1v) is 7.02. The van der Waals surface area contributed by atoms with Gasteiger partial charge in [0.15, 0.2) is 11.6 Å². The zero-order chi connectivity index (χ0) is 16.3. The fourth-order valence-corrected chi connectivity index (χ4v) is 2.13. The minimum absolute atomic E-state index is 0.0433. The second-order valence-electron chi connectivity index (χ2n) is 5.26. The van der Waals surface area contributed by atoms with Crippen LogP contribution in [0.5, 0.6) is 5.75 Å². The number of ketones is 2. The molecule has 0 saturated carbocycles. The molecule has 0 unspecified atom stereocenters. The lowest BCUT2D eigenvalue weighted by molar-refractivity contribution is -0.113. The van der Waals surface area contributed by atoms with E-state index in [0.29, 0.717) is 11.1 Å². The highest BCUT2D eigenvalue weighted by molar-refractivity contribution is 6.09. The Balaban J connectivity index is 2.29. The van der Waals surface area contributed by atoms with Crippen LogP contribution in [0.4, 0.5) is 0 Å². The van der Waals surface area contributed by atoms with E-state index in [1.54, 1.807) is 38.1 Å². The molecule has 0 radical (unpaired) electrons. The molecule has 22 heavy (non-hydrogen) atoms. The summed E-state index contributed by atoms with van der Waals surface area (Å²) in [4.78, 5) is 23.7. The second-order valence-corrected chi connectivity index (χ2v) is 5.26. The molecule has 2 rings (SSSR count). The molecule has 0 bridgehead atoms. The fourth-order valence-electron chi connectivity index (χ4n) is 2.13. The first kappa shape index (κ1) is 15.7. The van der Waals surface area contributed by atoms with Crippen molar-refractivity contribution in [3.05, 3.63) is 70.8 Å². The van der Waals surface area contributed by atoms with Gasteiger partial charge in [0.25, 0.3) is 0 Å². The Hall–Kier alpha value is -2.68. The van der Waals surface area contributed by atoms with Gasteiger partial charge < -0.3 is 5.11 Å². The predicted octanol–water partition coefficient (Wildman–Crippen LogP) is 4.01. The maximum absolute atomic E-state index is 12.3. The first-order valence-electron chi connectivity index (χ1n) is 7.02. The molecule has 0 fully saturated rings. The van der Waals surface area contributed by atoms with Crippen molar-refractivity contribution in [2.75, 3.05) is 0 Å². The summed E-state index contributed by atoms with van der Waals surface area (Å²) < 4.78 is 0. The highest BCUT2D eigenvalue weighted by Gasteiger charge is 2.10. The molecule has 0 spiro atoms. The molecular weight excluding hydrogens is 276 g/mol. The molecule has 0 aliphatic rings. The normalized spacial score (nSPS) is 11.8. The van der Waals surface area contributed by atoms with Crippen LogP contribution in [0.15, 0.2) is 54.1 Å². The third kappa shape index (κ3) is 3.31. The third-order valence-electron chi connectivity index (χ3n) is 3.80. The van der Waals surface area contributed by atoms with Gasteiger partial charge in [0.2, 0.25) is 0 Å². The molecule has 0 heterocycles. The summed E-state index contributed by atoms with van der Waals surface area (Å²) in [5.74, 6) is 0.0746. The van der Waals surface area contributed by atoms with Gasteiger partial charge in [-0.15, -0.1) is 0 Å². The van der Waals surface area contributed by atoms with E-state index in [2.05, 4.69) is 0 Å². The molecule has 0 amide bonds. The van der Waals surface area contributed by atoms with Gasteiger partial charge in [-0.05, 0) is 61.7 Å². The van der Waals surface area contributed by atoms with Gasteiger partial charge in [-0.2, -0.15) is 0 Å². The average molecular weight is 294 g/mol. The van der Waals surface area contributed by atoms with E-state index < -0.39 is 0 Å². The van der Waals surface area contributed by atoms with Gasteiger partial charge in [-0.25, -0.2) is 0 Å². The Morgan fingerprint density at radius 3 is 1.59 bits per heavy atom. The van der Waals surface area contributed by atoms with Crippen molar-refractivity contribution in [1.82, 2.24) is 0 Å². The van der Waals surface area contributed by atoms with Crippen molar-refractivity contribution < 1.29 is 14.7 Å². The Morgan fingerprint density at radius 2 is 1.14 bits per heavy atom. The Morgan fingerprint density at radius 1 is 0.727 bits per heavy atom. The van der Waals surface area contributed by atoms with Crippen molar-refractivity contribution in [1.29, 1.82) is 0 Å². The second kappa shape index (κ2) is 6.39. The van der Waals surface area contributed by atoms with E-state index in [0.717, 1.165) is 16.7 Å². The molecule has 0 saturated heterocycles. The van der Waals surface area contributed by atoms with Crippen molar-refractivity contribution in [2.45, 2.75) is 20.8 Å². The molecule has 0 aliphatic heterocycles. The van der Waals surface area contributed by atoms with E-state index in [9.17, 15) is 14.7 Å². The number of allylic oxidation sites excluding steroid dienone is 2. The standard InChI is InChI=1S/C19H18O3/c1-12(14(3)20)13(2)15-4-6-16(7-5-15)19(22)17-8-10-18(21)11-9-17/h4-11,21H,1-3H3/b13-12+. The van der Waals surface area contributed by atoms with Crippen LogP contribution in [-0.4, -0.2) is 16.7 Å². The van der Waals surface area contributed by atoms with Crippen LogP contribution in [0.1, 0.15) is 42.3 Å². The van der Waals surface area contributed by atoms with Crippen LogP contribution in [0.3, 0.4) is 0 Å². The Kier molecular flexibility index (Phi) is 4.56. The van der Waals surface area contributed by atoms with Crippen LogP contribution >= 0.6 is 0 Å². The van der Waals surface area contributed by atoms with E-state index >= 15 is 0 Å². The number of hydrogen-bond acceptors (Lipinski definition) is 3.